The van der Waals surface area contributed by atoms with E-state index in [1.165, 1.54) is 13.1 Å². The number of fused-ring (bicyclic) bond motifs is 1. The van der Waals surface area contributed by atoms with Gasteiger partial charge >= 0.3 is 0 Å². The largest absolute Gasteiger partial charge is 0.319 e. The van der Waals surface area contributed by atoms with Crippen molar-refractivity contribution in [2.75, 3.05) is 20.1 Å². The van der Waals surface area contributed by atoms with Gasteiger partial charge in [-0.2, -0.15) is 0 Å². The highest BCUT2D eigenvalue weighted by Gasteiger charge is 2.60. The molecule has 4 atom stereocenters. The van der Waals surface area contributed by atoms with E-state index < -0.39 is 0 Å². The van der Waals surface area contributed by atoms with E-state index in [0.717, 1.165) is 23.8 Å². The van der Waals surface area contributed by atoms with E-state index >= 15 is 0 Å². The summed E-state index contributed by atoms with van der Waals surface area (Å²) in [6.07, 6.45) is 0. The van der Waals surface area contributed by atoms with Crippen molar-refractivity contribution in [3.8, 4) is 0 Å². The smallest absolute Gasteiger partial charge is 0.0128 e. The third-order valence-electron chi connectivity index (χ3n) is 4.16. The molecule has 1 saturated heterocycles. The Balaban J connectivity index is 1.95. The molecule has 1 aliphatic carbocycles. The molecule has 1 N–H and O–H groups in total. The van der Waals surface area contributed by atoms with Gasteiger partial charge in [-0.1, -0.05) is 0 Å². The van der Waals surface area contributed by atoms with Crippen LogP contribution in [0.4, 0.5) is 0 Å². The van der Waals surface area contributed by atoms with Crippen LogP contribution in [0.15, 0.2) is 0 Å². The summed E-state index contributed by atoms with van der Waals surface area (Å²) in [6, 6.07) is 0.790. The number of nitrogens with zero attached hydrogens (tertiary/aromatic N) is 1. The lowest BCUT2D eigenvalue weighted by atomic mass is 10.0. The summed E-state index contributed by atoms with van der Waals surface area (Å²) in [4.78, 5) is 2.68. The third-order valence-corrected chi connectivity index (χ3v) is 4.16. The molecule has 1 saturated carbocycles. The zero-order valence-electron chi connectivity index (χ0n) is 10.2. The van der Waals surface area contributed by atoms with Gasteiger partial charge in [-0.3, -0.25) is 4.90 Å². The van der Waals surface area contributed by atoms with Crippen LogP contribution in [-0.4, -0.2) is 36.6 Å². The Morgan fingerprint density at radius 3 is 2.36 bits per heavy atom. The first kappa shape index (κ1) is 10.4. The van der Waals surface area contributed by atoms with Gasteiger partial charge in [-0.25, -0.2) is 0 Å². The van der Waals surface area contributed by atoms with Gasteiger partial charge in [0.25, 0.3) is 0 Å². The third kappa shape index (κ3) is 1.49. The average Bonchev–Trinajstić information content (AvgIpc) is 2.59. The molecule has 2 nitrogen and oxygen atoms in total. The number of hydrogen-bond acceptors (Lipinski definition) is 2. The molecule has 2 fully saturated rings. The van der Waals surface area contributed by atoms with E-state index in [1.807, 2.05) is 0 Å². The highest BCUT2D eigenvalue weighted by Crippen LogP contribution is 2.56. The zero-order chi connectivity index (χ0) is 10.5. The predicted molar refractivity (Wildman–Crippen MR) is 60.3 cm³/mol. The maximum Gasteiger partial charge on any atom is 0.0128 e. The fourth-order valence-corrected chi connectivity index (χ4v) is 3.46. The van der Waals surface area contributed by atoms with Crippen LogP contribution in [0.1, 0.15) is 27.7 Å². The maximum atomic E-state index is 3.31. The molecule has 0 bridgehead atoms. The van der Waals surface area contributed by atoms with Crippen molar-refractivity contribution in [3.05, 3.63) is 0 Å². The predicted octanol–water partition coefficient (Wildman–Crippen LogP) is 1.57. The van der Waals surface area contributed by atoms with Gasteiger partial charge in [0.15, 0.2) is 0 Å². The van der Waals surface area contributed by atoms with E-state index in [0.29, 0.717) is 5.54 Å². The van der Waals surface area contributed by atoms with Crippen molar-refractivity contribution in [2.45, 2.75) is 39.3 Å². The summed E-state index contributed by atoms with van der Waals surface area (Å²) in [5, 5.41) is 3.31. The first-order chi connectivity index (χ1) is 6.46. The summed E-state index contributed by atoms with van der Waals surface area (Å²) in [7, 11) is 2.07. The van der Waals surface area contributed by atoms with Crippen LogP contribution in [0.2, 0.25) is 0 Å². The van der Waals surface area contributed by atoms with Crippen LogP contribution in [-0.2, 0) is 0 Å². The molecular formula is C12H24N2. The number of piperidine rings is 1. The van der Waals surface area contributed by atoms with E-state index in [1.54, 1.807) is 0 Å². The molecule has 2 aliphatic rings. The van der Waals surface area contributed by atoms with Crippen molar-refractivity contribution in [3.63, 3.8) is 0 Å². The molecule has 0 spiro atoms. The first-order valence-corrected chi connectivity index (χ1v) is 5.88. The van der Waals surface area contributed by atoms with Gasteiger partial charge in [0, 0.05) is 18.1 Å². The van der Waals surface area contributed by atoms with Gasteiger partial charge in [0.1, 0.15) is 0 Å². The maximum absolute atomic E-state index is 3.31. The summed E-state index contributed by atoms with van der Waals surface area (Å²) < 4.78 is 0. The van der Waals surface area contributed by atoms with Crippen molar-refractivity contribution in [1.82, 2.24) is 10.2 Å². The number of rotatable bonds is 2. The van der Waals surface area contributed by atoms with Crippen LogP contribution >= 0.6 is 0 Å². The monoisotopic (exact) mass is 196 g/mol. The van der Waals surface area contributed by atoms with E-state index in [9.17, 15) is 0 Å². The van der Waals surface area contributed by atoms with Gasteiger partial charge in [-0.15, -0.1) is 0 Å². The molecule has 0 aromatic carbocycles. The van der Waals surface area contributed by atoms with E-state index in [4.69, 9.17) is 0 Å². The van der Waals surface area contributed by atoms with Crippen LogP contribution in [0, 0.1) is 17.8 Å². The lowest BCUT2D eigenvalue weighted by Crippen LogP contribution is -2.46. The SMILES string of the molecule is CNC[C@H]1[C@@H]2CN(C(C)(C)C)[C@H](C)[C@H]12. The van der Waals surface area contributed by atoms with Crippen molar-refractivity contribution < 1.29 is 0 Å². The number of nitrogens with one attached hydrogen (secondary N) is 1. The quantitative estimate of drug-likeness (QED) is 0.721. The molecule has 14 heavy (non-hydrogen) atoms. The average molecular weight is 196 g/mol. The highest BCUT2D eigenvalue weighted by molar-refractivity contribution is 5.11. The Kier molecular flexibility index (Phi) is 2.39. The molecule has 82 valence electrons. The van der Waals surface area contributed by atoms with Gasteiger partial charge in [0.05, 0.1) is 0 Å². The molecule has 1 heterocycles. The minimum Gasteiger partial charge on any atom is -0.319 e. The second-order valence-corrected chi connectivity index (χ2v) is 6.03. The Hall–Kier alpha value is -0.0800. The Labute approximate surface area is 88.1 Å². The Morgan fingerprint density at radius 2 is 2.00 bits per heavy atom. The second kappa shape index (κ2) is 3.21. The standard InChI is InChI=1S/C12H24N2/c1-8-11-9(6-13-5)10(11)7-14(8)12(2,3)4/h8-11,13H,6-7H2,1-5H3/t8-,9+,10+,11-/m1/s1. The fourth-order valence-electron chi connectivity index (χ4n) is 3.46. The molecular weight excluding hydrogens is 172 g/mol. The lowest BCUT2D eigenvalue weighted by Gasteiger charge is -2.38. The fraction of sp³-hybridized carbons (Fsp3) is 1.00. The highest BCUT2D eigenvalue weighted by atomic mass is 15.3. The first-order valence-electron chi connectivity index (χ1n) is 5.88. The Bertz CT molecular complexity index is 219. The van der Waals surface area contributed by atoms with E-state index in [-0.39, 0.29) is 0 Å². The summed E-state index contributed by atoms with van der Waals surface area (Å²) in [5.41, 5.74) is 0.358. The number of likely N-dealkylation sites (tertiary alicyclic amines) is 1. The van der Waals surface area contributed by atoms with Crippen LogP contribution in [0.25, 0.3) is 0 Å². The summed E-state index contributed by atoms with van der Waals surface area (Å²) in [5.74, 6) is 2.92. The van der Waals surface area contributed by atoms with Crippen molar-refractivity contribution >= 4 is 0 Å². The van der Waals surface area contributed by atoms with Crippen LogP contribution < -0.4 is 5.32 Å². The Morgan fingerprint density at radius 1 is 1.36 bits per heavy atom. The lowest BCUT2D eigenvalue weighted by molar-refractivity contribution is 0.0998. The van der Waals surface area contributed by atoms with Crippen LogP contribution in [0.3, 0.4) is 0 Å². The molecule has 0 aromatic heterocycles. The van der Waals surface area contributed by atoms with Crippen molar-refractivity contribution in [1.29, 1.82) is 0 Å². The normalized spacial score (nSPS) is 42.6. The van der Waals surface area contributed by atoms with Gasteiger partial charge < -0.3 is 5.32 Å². The van der Waals surface area contributed by atoms with E-state index in [2.05, 4.69) is 45.0 Å². The minimum atomic E-state index is 0.358. The van der Waals surface area contributed by atoms with Crippen molar-refractivity contribution in [2.24, 2.45) is 17.8 Å². The second-order valence-electron chi connectivity index (χ2n) is 6.03. The summed E-state index contributed by atoms with van der Waals surface area (Å²) >= 11 is 0. The molecule has 0 radical (unpaired) electrons. The zero-order valence-corrected chi connectivity index (χ0v) is 10.2. The molecule has 0 unspecified atom stereocenters. The molecule has 1 aliphatic heterocycles. The topological polar surface area (TPSA) is 15.3 Å². The van der Waals surface area contributed by atoms with Gasteiger partial charge in [0.2, 0.25) is 0 Å². The molecule has 2 heteroatoms. The minimum absolute atomic E-state index is 0.358. The number of hydrogen-bond donors (Lipinski definition) is 1. The molecule has 2 rings (SSSR count). The van der Waals surface area contributed by atoms with Gasteiger partial charge in [-0.05, 0) is 59.0 Å². The molecule has 0 amide bonds. The molecule has 0 aromatic rings. The summed E-state index contributed by atoms with van der Waals surface area (Å²) in [6.45, 7) is 12.0. The van der Waals surface area contributed by atoms with Crippen LogP contribution in [0.5, 0.6) is 0 Å².